The molecule has 1 saturated carbocycles. The molecule has 2 aromatic heterocycles. The van der Waals surface area contributed by atoms with Gasteiger partial charge >= 0.3 is 5.69 Å². The van der Waals surface area contributed by atoms with E-state index in [-0.39, 0.29) is 17.3 Å². The molecule has 3 heterocycles. The van der Waals surface area contributed by atoms with Crippen molar-refractivity contribution in [3.8, 4) is 0 Å². The van der Waals surface area contributed by atoms with Crippen molar-refractivity contribution in [1.29, 1.82) is 0 Å². The number of fused-ring (bicyclic) bond motifs is 3. The van der Waals surface area contributed by atoms with Crippen molar-refractivity contribution in [1.82, 2.24) is 18.9 Å². The lowest BCUT2D eigenvalue weighted by atomic mass is 9.95. The Labute approximate surface area is 199 Å². The van der Waals surface area contributed by atoms with Gasteiger partial charge in [-0.2, -0.15) is 0 Å². The molecule has 0 saturated heterocycles. The van der Waals surface area contributed by atoms with Crippen molar-refractivity contribution in [3.63, 3.8) is 0 Å². The SMILES string of the molecule is CN(C)CCn1c(=O)n(C2CCCCC2)c(=O)c2c3c(sc21)CN(Cc1ccccc1)CC3. The van der Waals surface area contributed by atoms with Gasteiger partial charge in [0.25, 0.3) is 5.56 Å². The van der Waals surface area contributed by atoms with Gasteiger partial charge in [-0.05, 0) is 44.5 Å². The Kier molecular flexibility index (Phi) is 6.54. The summed E-state index contributed by atoms with van der Waals surface area (Å²) in [6.45, 7) is 4.08. The molecule has 7 heteroatoms. The Hall–Kier alpha value is -2.22. The van der Waals surface area contributed by atoms with Gasteiger partial charge in [-0.15, -0.1) is 11.3 Å². The van der Waals surface area contributed by atoms with Gasteiger partial charge in [0.1, 0.15) is 4.83 Å². The standard InChI is InChI=1S/C26H34N4O2S/c1-27(2)15-16-29-25-23(24(31)30(26(29)32)20-11-7-4-8-12-20)21-13-14-28(18-22(21)33-25)17-19-9-5-3-6-10-19/h3,5-6,9-10,20H,4,7-8,11-18H2,1-2H3. The minimum absolute atomic E-state index is 0.0440. The van der Waals surface area contributed by atoms with Crippen LogP contribution in [0, 0.1) is 0 Å². The molecule has 33 heavy (non-hydrogen) atoms. The van der Waals surface area contributed by atoms with Crippen LogP contribution in [0.4, 0.5) is 0 Å². The summed E-state index contributed by atoms with van der Waals surface area (Å²) < 4.78 is 3.52. The van der Waals surface area contributed by atoms with E-state index in [0.29, 0.717) is 6.54 Å². The first-order chi connectivity index (χ1) is 16.0. The van der Waals surface area contributed by atoms with Crippen molar-refractivity contribution in [2.75, 3.05) is 27.2 Å². The lowest BCUT2D eigenvalue weighted by molar-refractivity contribution is 0.249. The second kappa shape index (κ2) is 9.57. The molecule has 0 spiro atoms. The maximum atomic E-state index is 13.8. The van der Waals surface area contributed by atoms with Gasteiger partial charge in [0.05, 0.1) is 5.39 Å². The zero-order chi connectivity index (χ0) is 22.9. The molecule has 1 fully saturated rings. The fraction of sp³-hybridized carbons (Fsp3) is 0.538. The van der Waals surface area contributed by atoms with Crippen LogP contribution in [0.25, 0.3) is 10.2 Å². The molecule has 0 bridgehead atoms. The molecule has 0 radical (unpaired) electrons. The van der Waals surface area contributed by atoms with Crippen molar-refractivity contribution in [2.24, 2.45) is 0 Å². The fourth-order valence-corrected chi connectivity index (χ4v) is 6.81. The third-order valence-electron chi connectivity index (χ3n) is 7.19. The van der Waals surface area contributed by atoms with E-state index in [0.717, 1.165) is 68.5 Å². The van der Waals surface area contributed by atoms with Gasteiger partial charge in [-0.25, -0.2) is 4.79 Å². The van der Waals surface area contributed by atoms with Crippen molar-refractivity contribution >= 4 is 21.6 Å². The van der Waals surface area contributed by atoms with E-state index in [1.807, 2.05) is 24.7 Å². The Morgan fingerprint density at radius 2 is 1.82 bits per heavy atom. The summed E-state index contributed by atoms with van der Waals surface area (Å²) in [7, 11) is 4.06. The Morgan fingerprint density at radius 3 is 2.55 bits per heavy atom. The Bertz CT molecular complexity index is 1240. The third kappa shape index (κ3) is 4.46. The van der Waals surface area contributed by atoms with Crippen molar-refractivity contribution < 1.29 is 0 Å². The molecule has 6 nitrogen and oxygen atoms in total. The molecule has 0 amide bonds. The average Bonchev–Trinajstić information content (AvgIpc) is 3.19. The molecule has 0 unspecified atom stereocenters. The maximum absolute atomic E-state index is 13.8. The predicted octanol–water partition coefficient (Wildman–Crippen LogP) is 3.85. The first-order valence-corrected chi connectivity index (χ1v) is 13.0. The highest BCUT2D eigenvalue weighted by atomic mass is 32.1. The summed E-state index contributed by atoms with van der Waals surface area (Å²) in [4.78, 5) is 34.1. The van der Waals surface area contributed by atoms with E-state index in [1.165, 1.54) is 22.4 Å². The van der Waals surface area contributed by atoms with Gasteiger partial charge in [-0.3, -0.25) is 18.8 Å². The summed E-state index contributed by atoms with van der Waals surface area (Å²) in [5, 5.41) is 0.818. The Balaban J connectivity index is 1.58. The van der Waals surface area contributed by atoms with Crippen LogP contribution in [-0.4, -0.2) is 46.1 Å². The second-order valence-corrected chi connectivity index (χ2v) is 10.9. The van der Waals surface area contributed by atoms with Gasteiger partial charge in [0, 0.05) is 43.6 Å². The van der Waals surface area contributed by atoms with Crippen LogP contribution < -0.4 is 11.2 Å². The number of rotatable bonds is 6. The molecule has 176 valence electrons. The van der Waals surface area contributed by atoms with Crippen LogP contribution in [0.3, 0.4) is 0 Å². The number of benzene rings is 1. The lowest BCUT2D eigenvalue weighted by Crippen LogP contribution is -2.43. The quantitative estimate of drug-likeness (QED) is 0.554. The summed E-state index contributed by atoms with van der Waals surface area (Å²) in [6.07, 6.45) is 6.14. The van der Waals surface area contributed by atoms with E-state index in [2.05, 4.69) is 34.1 Å². The number of hydrogen-bond donors (Lipinski definition) is 0. The molecule has 1 aromatic carbocycles. The van der Waals surface area contributed by atoms with E-state index in [4.69, 9.17) is 0 Å². The first kappa shape index (κ1) is 22.6. The molecular formula is C26H34N4O2S. The highest BCUT2D eigenvalue weighted by molar-refractivity contribution is 7.18. The maximum Gasteiger partial charge on any atom is 0.332 e. The number of hydrogen-bond acceptors (Lipinski definition) is 5. The van der Waals surface area contributed by atoms with E-state index in [1.54, 1.807) is 15.9 Å². The number of nitrogens with zero attached hydrogens (tertiary/aromatic N) is 4. The van der Waals surface area contributed by atoms with Crippen LogP contribution in [0.2, 0.25) is 0 Å². The topological polar surface area (TPSA) is 50.5 Å². The van der Waals surface area contributed by atoms with Gasteiger partial charge in [-0.1, -0.05) is 49.6 Å². The molecule has 1 aliphatic heterocycles. The minimum atomic E-state index is -0.110. The molecule has 3 aromatic rings. The smallest absolute Gasteiger partial charge is 0.308 e. The summed E-state index contributed by atoms with van der Waals surface area (Å²) in [5.74, 6) is 0. The van der Waals surface area contributed by atoms with Crippen LogP contribution in [0.15, 0.2) is 39.9 Å². The molecular weight excluding hydrogens is 432 g/mol. The molecule has 2 aliphatic rings. The van der Waals surface area contributed by atoms with Crippen LogP contribution in [0.1, 0.15) is 54.1 Å². The van der Waals surface area contributed by atoms with Gasteiger partial charge < -0.3 is 4.90 Å². The monoisotopic (exact) mass is 466 g/mol. The zero-order valence-electron chi connectivity index (χ0n) is 19.8. The van der Waals surface area contributed by atoms with Gasteiger partial charge in [0.2, 0.25) is 0 Å². The number of likely N-dealkylation sites (N-methyl/N-ethyl adjacent to an activating group) is 1. The highest BCUT2D eigenvalue weighted by Crippen LogP contribution is 2.34. The van der Waals surface area contributed by atoms with Crippen molar-refractivity contribution in [2.45, 2.75) is 64.2 Å². The molecule has 1 aliphatic carbocycles. The number of aromatic nitrogens is 2. The number of thiophene rings is 1. The molecule has 5 rings (SSSR count). The minimum Gasteiger partial charge on any atom is -0.308 e. The second-order valence-electron chi connectivity index (χ2n) is 9.83. The van der Waals surface area contributed by atoms with Crippen LogP contribution >= 0.6 is 11.3 Å². The highest BCUT2D eigenvalue weighted by Gasteiger charge is 2.28. The van der Waals surface area contributed by atoms with E-state index >= 15 is 0 Å². The third-order valence-corrected chi connectivity index (χ3v) is 8.43. The van der Waals surface area contributed by atoms with E-state index < -0.39 is 0 Å². The van der Waals surface area contributed by atoms with E-state index in [9.17, 15) is 9.59 Å². The predicted molar refractivity (Wildman–Crippen MR) is 135 cm³/mol. The average molecular weight is 467 g/mol. The van der Waals surface area contributed by atoms with Crippen molar-refractivity contribution in [3.05, 3.63) is 67.2 Å². The molecule has 0 atom stereocenters. The van der Waals surface area contributed by atoms with Crippen LogP contribution in [-0.2, 0) is 26.1 Å². The normalized spacial score (nSPS) is 17.7. The summed E-state index contributed by atoms with van der Waals surface area (Å²) >= 11 is 1.67. The summed E-state index contributed by atoms with van der Waals surface area (Å²) in [5.41, 5.74) is 2.34. The van der Waals surface area contributed by atoms with Gasteiger partial charge in [0.15, 0.2) is 0 Å². The lowest BCUT2D eigenvalue weighted by Gasteiger charge is -2.27. The summed E-state index contributed by atoms with van der Waals surface area (Å²) in [6, 6.07) is 10.6. The fourth-order valence-electron chi connectivity index (χ4n) is 5.41. The molecule has 0 N–H and O–H groups in total. The van der Waals surface area contributed by atoms with Crippen LogP contribution in [0.5, 0.6) is 0 Å². The first-order valence-electron chi connectivity index (χ1n) is 12.2. The Morgan fingerprint density at radius 1 is 1.06 bits per heavy atom. The largest absolute Gasteiger partial charge is 0.332 e. The zero-order valence-corrected chi connectivity index (χ0v) is 20.6.